The van der Waals surface area contributed by atoms with Gasteiger partial charge in [0, 0.05) is 37.4 Å². The number of carbonyl (C=O) groups is 1. The number of pyridine rings is 1. The van der Waals surface area contributed by atoms with Crippen molar-refractivity contribution in [2.45, 2.75) is 12.5 Å². The SMILES string of the molecule is COc1cccc(-c2cncc(N3CC4CNC(C4)C3)c2)c1C=O. The summed E-state index contributed by atoms with van der Waals surface area (Å²) in [7, 11) is 1.58. The van der Waals surface area contributed by atoms with E-state index in [1.165, 1.54) is 6.42 Å². The van der Waals surface area contributed by atoms with Crippen molar-refractivity contribution in [1.29, 1.82) is 0 Å². The highest BCUT2D eigenvalue weighted by atomic mass is 16.5. The molecule has 24 heavy (non-hydrogen) atoms. The zero-order valence-corrected chi connectivity index (χ0v) is 13.7. The summed E-state index contributed by atoms with van der Waals surface area (Å²) >= 11 is 0. The standard InChI is InChI=1S/C19H21N3O2/c1-24-19-4-2-3-17(18(19)12-23)14-6-16(9-20-8-14)22-10-13-5-15(11-22)21-7-13/h2-4,6,8-9,12-13,15,21H,5,7,10-11H2,1H3. The molecule has 124 valence electrons. The second kappa shape index (κ2) is 6.24. The van der Waals surface area contributed by atoms with Crippen LogP contribution in [-0.4, -0.2) is 44.1 Å². The molecule has 3 heterocycles. The molecule has 5 nitrogen and oxygen atoms in total. The summed E-state index contributed by atoms with van der Waals surface area (Å²) in [6.45, 7) is 3.19. The molecule has 1 aromatic heterocycles. The Bertz CT molecular complexity index is 750. The van der Waals surface area contributed by atoms with E-state index in [2.05, 4.69) is 21.3 Å². The van der Waals surface area contributed by atoms with E-state index in [4.69, 9.17) is 4.74 Å². The van der Waals surface area contributed by atoms with E-state index in [1.54, 1.807) is 13.2 Å². The van der Waals surface area contributed by atoms with E-state index in [-0.39, 0.29) is 0 Å². The van der Waals surface area contributed by atoms with E-state index in [1.807, 2.05) is 24.5 Å². The fourth-order valence-electron chi connectivity index (χ4n) is 3.89. The Morgan fingerprint density at radius 2 is 2.25 bits per heavy atom. The lowest BCUT2D eigenvalue weighted by molar-refractivity contribution is 0.112. The lowest BCUT2D eigenvalue weighted by Crippen LogP contribution is -2.41. The van der Waals surface area contributed by atoms with Gasteiger partial charge in [0.25, 0.3) is 0 Å². The molecule has 1 N–H and O–H groups in total. The van der Waals surface area contributed by atoms with E-state index >= 15 is 0 Å². The van der Waals surface area contributed by atoms with Gasteiger partial charge < -0.3 is 15.0 Å². The van der Waals surface area contributed by atoms with Gasteiger partial charge in [-0.1, -0.05) is 12.1 Å². The maximum Gasteiger partial charge on any atom is 0.154 e. The molecule has 2 bridgehead atoms. The zero-order valence-electron chi connectivity index (χ0n) is 13.7. The maximum atomic E-state index is 11.5. The summed E-state index contributed by atoms with van der Waals surface area (Å²) < 4.78 is 5.31. The molecule has 5 heteroatoms. The number of nitrogens with zero attached hydrogens (tertiary/aromatic N) is 2. The molecule has 2 saturated heterocycles. The monoisotopic (exact) mass is 323 g/mol. The van der Waals surface area contributed by atoms with Crippen LogP contribution in [0.15, 0.2) is 36.7 Å². The molecular formula is C19H21N3O2. The van der Waals surface area contributed by atoms with Gasteiger partial charge in [-0.25, -0.2) is 0 Å². The van der Waals surface area contributed by atoms with Crippen molar-refractivity contribution in [3.63, 3.8) is 0 Å². The topological polar surface area (TPSA) is 54.5 Å². The fraction of sp³-hybridized carbons (Fsp3) is 0.368. The summed E-state index contributed by atoms with van der Waals surface area (Å²) in [5.74, 6) is 1.31. The lowest BCUT2D eigenvalue weighted by Gasteiger charge is -2.33. The van der Waals surface area contributed by atoms with E-state index in [0.29, 0.717) is 17.4 Å². The van der Waals surface area contributed by atoms with Crippen molar-refractivity contribution in [3.8, 4) is 16.9 Å². The van der Waals surface area contributed by atoms with Gasteiger partial charge in [-0.15, -0.1) is 0 Å². The van der Waals surface area contributed by atoms with Crippen LogP contribution in [0.3, 0.4) is 0 Å². The number of aromatic nitrogens is 1. The van der Waals surface area contributed by atoms with Crippen molar-refractivity contribution in [1.82, 2.24) is 10.3 Å². The van der Waals surface area contributed by atoms with Crippen LogP contribution in [0.4, 0.5) is 5.69 Å². The number of benzene rings is 1. The minimum atomic E-state index is 0.569. The number of hydrogen-bond acceptors (Lipinski definition) is 5. The number of aldehydes is 1. The molecule has 0 aliphatic carbocycles. The minimum Gasteiger partial charge on any atom is -0.496 e. The number of ether oxygens (including phenoxy) is 1. The quantitative estimate of drug-likeness (QED) is 0.876. The van der Waals surface area contributed by atoms with Crippen LogP contribution in [0.1, 0.15) is 16.8 Å². The number of hydrogen-bond donors (Lipinski definition) is 1. The van der Waals surface area contributed by atoms with Gasteiger partial charge in [-0.05, 0) is 30.0 Å². The number of rotatable bonds is 4. The normalized spacial score (nSPS) is 22.5. The van der Waals surface area contributed by atoms with Crippen LogP contribution in [0.2, 0.25) is 0 Å². The summed E-state index contributed by atoms with van der Waals surface area (Å²) in [6.07, 6.45) is 5.85. The summed E-state index contributed by atoms with van der Waals surface area (Å²) in [4.78, 5) is 18.4. The molecule has 2 unspecified atom stereocenters. The van der Waals surface area contributed by atoms with Crippen LogP contribution < -0.4 is 15.0 Å². The van der Waals surface area contributed by atoms with Gasteiger partial charge >= 0.3 is 0 Å². The fourth-order valence-corrected chi connectivity index (χ4v) is 3.89. The van der Waals surface area contributed by atoms with Crippen LogP contribution in [-0.2, 0) is 0 Å². The van der Waals surface area contributed by atoms with Crippen LogP contribution in [0, 0.1) is 5.92 Å². The predicted molar refractivity (Wildman–Crippen MR) is 93.7 cm³/mol. The molecule has 2 aliphatic heterocycles. The summed E-state index contributed by atoms with van der Waals surface area (Å²) in [5.41, 5.74) is 3.49. The molecule has 2 aromatic rings. The molecule has 2 aliphatic rings. The summed E-state index contributed by atoms with van der Waals surface area (Å²) in [6, 6.07) is 8.35. The molecule has 4 rings (SSSR count). The second-order valence-corrected chi connectivity index (χ2v) is 6.58. The Morgan fingerprint density at radius 3 is 3.04 bits per heavy atom. The van der Waals surface area contributed by atoms with E-state index in [0.717, 1.165) is 48.7 Å². The minimum absolute atomic E-state index is 0.569. The highest BCUT2D eigenvalue weighted by Gasteiger charge is 2.32. The Kier molecular flexibility index (Phi) is 3.94. The number of anilines is 1. The smallest absolute Gasteiger partial charge is 0.154 e. The number of nitrogens with one attached hydrogen (secondary N) is 1. The largest absolute Gasteiger partial charge is 0.496 e. The van der Waals surface area contributed by atoms with Crippen LogP contribution in [0.25, 0.3) is 11.1 Å². The highest BCUT2D eigenvalue weighted by molar-refractivity contribution is 5.91. The lowest BCUT2D eigenvalue weighted by atomic mass is 9.98. The first kappa shape index (κ1) is 15.1. The van der Waals surface area contributed by atoms with Gasteiger partial charge in [0.05, 0.1) is 24.6 Å². The van der Waals surface area contributed by atoms with Gasteiger partial charge in [-0.2, -0.15) is 0 Å². The number of methoxy groups -OCH3 is 1. The average molecular weight is 323 g/mol. The van der Waals surface area contributed by atoms with Crippen molar-refractivity contribution in [2.24, 2.45) is 5.92 Å². The molecule has 2 atom stereocenters. The third-order valence-electron chi connectivity index (χ3n) is 5.04. The van der Waals surface area contributed by atoms with Crippen molar-refractivity contribution < 1.29 is 9.53 Å². The van der Waals surface area contributed by atoms with Crippen LogP contribution in [0.5, 0.6) is 5.75 Å². The van der Waals surface area contributed by atoms with E-state index in [9.17, 15) is 4.79 Å². The molecule has 0 radical (unpaired) electrons. The number of fused-ring (bicyclic) bond motifs is 2. The number of carbonyl (C=O) groups excluding carboxylic acids is 1. The van der Waals surface area contributed by atoms with Gasteiger partial charge in [0.2, 0.25) is 0 Å². The third kappa shape index (κ3) is 2.65. The highest BCUT2D eigenvalue weighted by Crippen LogP contribution is 2.32. The first-order chi connectivity index (χ1) is 11.8. The molecule has 1 aromatic carbocycles. The van der Waals surface area contributed by atoms with Gasteiger partial charge in [-0.3, -0.25) is 9.78 Å². The van der Waals surface area contributed by atoms with E-state index < -0.39 is 0 Å². The van der Waals surface area contributed by atoms with Crippen molar-refractivity contribution in [2.75, 3.05) is 31.6 Å². The molecule has 0 spiro atoms. The first-order valence-electron chi connectivity index (χ1n) is 8.34. The summed E-state index contributed by atoms with van der Waals surface area (Å²) in [5, 5.41) is 3.57. The van der Waals surface area contributed by atoms with Gasteiger partial charge in [0.15, 0.2) is 6.29 Å². The Labute approximate surface area is 141 Å². The third-order valence-corrected chi connectivity index (χ3v) is 5.04. The molecular weight excluding hydrogens is 302 g/mol. The zero-order chi connectivity index (χ0) is 16.5. The molecule has 2 fully saturated rings. The first-order valence-corrected chi connectivity index (χ1v) is 8.34. The Balaban J connectivity index is 1.70. The molecule has 0 saturated carbocycles. The molecule has 0 amide bonds. The van der Waals surface area contributed by atoms with Crippen LogP contribution >= 0.6 is 0 Å². The maximum absolute atomic E-state index is 11.5. The number of piperidine rings is 1. The Morgan fingerprint density at radius 1 is 1.33 bits per heavy atom. The van der Waals surface area contributed by atoms with Crippen molar-refractivity contribution >= 4 is 12.0 Å². The predicted octanol–water partition coefficient (Wildman–Crippen LogP) is 2.37. The van der Waals surface area contributed by atoms with Crippen molar-refractivity contribution in [3.05, 3.63) is 42.2 Å². The van der Waals surface area contributed by atoms with Gasteiger partial charge in [0.1, 0.15) is 5.75 Å². The second-order valence-electron chi connectivity index (χ2n) is 6.58. The average Bonchev–Trinajstić information content (AvgIpc) is 2.98. The Hall–Kier alpha value is -2.40.